The molecule has 0 bridgehead atoms. The number of nitrogens with zero attached hydrogens (tertiary/aromatic N) is 1. The summed E-state index contributed by atoms with van der Waals surface area (Å²) in [6.45, 7) is 5.75. The van der Waals surface area contributed by atoms with Gasteiger partial charge in [0.05, 0.1) is 6.42 Å². The van der Waals surface area contributed by atoms with Crippen molar-refractivity contribution in [1.29, 1.82) is 0 Å². The van der Waals surface area contributed by atoms with Gasteiger partial charge in [-0.2, -0.15) is 0 Å². The van der Waals surface area contributed by atoms with Gasteiger partial charge in [-0.1, -0.05) is 0 Å². The number of amides is 2. The number of carbonyl (C=O) groups excluding carboxylic acids is 1. The molecule has 1 atom stereocenters. The number of carboxylic acids is 2. The Morgan fingerprint density at radius 1 is 1.24 bits per heavy atom. The van der Waals surface area contributed by atoms with Crippen LogP contribution in [-0.2, 0) is 9.59 Å². The van der Waals surface area contributed by atoms with Crippen LogP contribution in [0.5, 0.6) is 0 Å². The van der Waals surface area contributed by atoms with E-state index in [-0.39, 0.29) is 6.04 Å². The third-order valence-corrected chi connectivity index (χ3v) is 2.20. The summed E-state index contributed by atoms with van der Waals surface area (Å²) >= 11 is 0. The minimum absolute atomic E-state index is 0.0840. The fourth-order valence-corrected chi connectivity index (χ4v) is 1.35. The van der Waals surface area contributed by atoms with Gasteiger partial charge in [0.15, 0.2) is 0 Å². The van der Waals surface area contributed by atoms with E-state index in [1.807, 2.05) is 0 Å². The van der Waals surface area contributed by atoms with Crippen molar-refractivity contribution in [3.8, 4) is 0 Å². The maximum absolute atomic E-state index is 11.7. The molecule has 2 amide bonds. The number of aliphatic carboxylic acids is 2. The van der Waals surface area contributed by atoms with Gasteiger partial charge in [-0.15, -0.1) is 0 Å². The van der Waals surface area contributed by atoms with E-state index in [2.05, 4.69) is 5.32 Å². The van der Waals surface area contributed by atoms with Gasteiger partial charge in [0.2, 0.25) is 0 Å². The minimum Gasteiger partial charge on any atom is -0.481 e. The van der Waals surface area contributed by atoms with Crippen LogP contribution < -0.4 is 5.32 Å². The predicted octanol–water partition coefficient (Wildman–Crippen LogP) is 0.354. The molecule has 0 rings (SSSR count). The van der Waals surface area contributed by atoms with Gasteiger partial charge in [0.25, 0.3) is 0 Å². The van der Waals surface area contributed by atoms with Crippen molar-refractivity contribution in [2.75, 3.05) is 6.54 Å². The number of urea groups is 1. The second kappa shape index (κ2) is 6.72. The zero-order valence-electron chi connectivity index (χ0n) is 10.1. The van der Waals surface area contributed by atoms with Gasteiger partial charge >= 0.3 is 18.0 Å². The Labute approximate surface area is 99.4 Å². The monoisotopic (exact) mass is 246 g/mol. The van der Waals surface area contributed by atoms with E-state index < -0.39 is 30.4 Å². The van der Waals surface area contributed by atoms with Crippen LogP contribution in [0.2, 0.25) is 0 Å². The number of hydrogen-bond acceptors (Lipinski definition) is 3. The number of carbonyl (C=O) groups is 3. The van der Waals surface area contributed by atoms with Crippen molar-refractivity contribution in [1.82, 2.24) is 10.2 Å². The summed E-state index contributed by atoms with van der Waals surface area (Å²) in [7, 11) is 0. The molecular weight excluding hydrogens is 228 g/mol. The van der Waals surface area contributed by atoms with Crippen LogP contribution in [0.15, 0.2) is 0 Å². The summed E-state index contributed by atoms with van der Waals surface area (Å²) in [5.74, 6) is -2.63. The fourth-order valence-electron chi connectivity index (χ4n) is 1.35. The predicted molar refractivity (Wildman–Crippen MR) is 59.7 cm³/mol. The summed E-state index contributed by atoms with van der Waals surface area (Å²) in [6, 6.07) is -2.07. The van der Waals surface area contributed by atoms with Crippen molar-refractivity contribution < 1.29 is 24.6 Å². The van der Waals surface area contributed by atoms with Crippen LogP contribution in [0.3, 0.4) is 0 Å². The molecule has 0 aliphatic heterocycles. The molecule has 0 spiro atoms. The molecular formula is C10H18N2O5. The van der Waals surface area contributed by atoms with E-state index in [0.717, 1.165) is 0 Å². The molecule has 7 nitrogen and oxygen atoms in total. The van der Waals surface area contributed by atoms with Gasteiger partial charge < -0.3 is 20.4 Å². The molecule has 0 fully saturated rings. The normalized spacial score (nSPS) is 12.0. The first-order valence-electron chi connectivity index (χ1n) is 5.31. The van der Waals surface area contributed by atoms with Gasteiger partial charge in [-0.3, -0.25) is 4.79 Å². The Bertz CT molecular complexity index is 303. The van der Waals surface area contributed by atoms with E-state index in [1.165, 1.54) is 4.90 Å². The highest BCUT2D eigenvalue weighted by Gasteiger charge is 2.25. The fraction of sp³-hybridized carbons (Fsp3) is 0.700. The highest BCUT2D eigenvalue weighted by Crippen LogP contribution is 2.01. The first-order chi connectivity index (χ1) is 7.79. The third-order valence-electron chi connectivity index (χ3n) is 2.20. The van der Waals surface area contributed by atoms with Crippen molar-refractivity contribution in [2.24, 2.45) is 0 Å². The van der Waals surface area contributed by atoms with Crippen molar-refractivity contribution in [3.05, 3.63) is 0 Å². The minimum atomic E-state index is -1.41. The van der Waals surface area contributed by atoms with E-state index in [9.17, 15) is 14.4 Å². The van der Waals surface area contributed by atoms with Crippen molar-refractivity contribution in [2.45, 2.75) is 39.3 Å². The summed E-state index contributed by atoms with van der Waals surface area (Å²) in [5, 5.41) is 19.5. The molecule has 0 radical (unpaired) electrons. The highest BCUT2D eigenvalue weighted by atomic mass is 16.4. The number of nitrogens with one attached hydrogen (secondary N) is 1. The molecule has 0 saturated carbocycles. The van der Waals surface area contributed by atoms with Crippen LogP contribution in [0.1, 0.15) is 27.2 Å². The molecule has 17 heavy (non-hydrogen) atoms. The van der Waals surface area contributed by atoms with Crippen LogP contribution in [-0.4, -0.2) is 51.7 Å². The summed E-state index contributed by atoms with van der Waals surface area (Å²) in [4.78, 5) is 34.3. The van der Waals surface area contributed by atoms with Gasteiger partial charge in [0.1, 0.15) is 6.04 Å². The Morgan fingerprint density at radius 3 is 2.06 bits per heavy atom. The van der Waals surface area contributed by atoms with E-state index in [0.29, 0.717) is 6.54 Å². The van der Waals surface area contributed by atoms with Crippen LogP contribution in [0.4, 0.5) is 4.79 Å². The maximum Gasteiger partial charge on any atom is 0.326 e. The highest BCUT2D eigenvalue weighted by molar-refractivity contribution is 5.86. The van der Waals surface area contributed by atoms with E-state index in [1.54, 1.807) is 20.8 Å². The SMILES string of the molecule is CCN(C(=O)NC(CC(=O)O)C(=O)O)C(C)C. The van der Waals surface area contributed by atoms with Crippen molar-refractivity contribution in [3.63, 3.8) is 0 Å². The topological polar surface area (TPSA) is 107 Å². The lowest BCUT2D eigenvalue weighted by atomic mass is 10.2. The number of rotatable bonds is 6. The third kappa shape index (κ3) is 5.19. The Kier molecular flexibility index (Phi) is 6.01. The molecule has 7 heteroatoms. The van der Waals surface area contributed by atoms with Crippen LogP contribution in [0, 0.1) is 0 Å². The summed E-state index contributed by atoms with van der Waals surface area (Å²) in [6.07, 6.45) is -0.642. The van der Waals surface area contributed by atoms with E-state index >= 15 is 0 Å². The number of hydrogen-bond donors (Lipinski definition) is 3. The molecule has 0 aliphatic rings. The van der Waals surface area contributed by atoms with E-state index in [4.69, 9.17) is 10.2 Å². The average molecular weight is 246 g/mol. The standard InChI is InChI=1S/C10H18N2O5/c1-4-12(6(2)3)10(17)11-7(9(15)16)5-8(13)14/h6-7H,4-5H2,1-3H3,(H,11,17)(H,13,14)(H,15,16). The van der Waals surface area contributed by atoms with Crippen molar-refractivity contribution >= 4 is 18.0 Å². The molecule has 0 aromatic rings. The Morgan fingerprint density at radius 2 is 1.76 bits per heavy atom. The zero-order valence-corrected chi connectivity index (χ0v) is 10.1. The first-order valence-corrected chi connectivity index (χ1v) is 5.31. The number of carboxylic acid groups (broad SMARTS) is 2. The maximum atomic E-state index is 11.7. The quantitative estimate of drug-likeness (QED) is 0.627. The average Bonchev–Trinajstić information content (AvgIpc) is 2.15. The van der Waals surface area contributed by atoms with Gasteiger partial charge in [-0.25, -0.2) is 9.59 Å². The smallest absolute Gasteiger partial charge is 0.326 e. The molecule has 1 unspecified atom stereocenters. The Hall–Kier alpha value is -1.79. The molecule has 0 heterocycles. The molecule has 0 saturated heterocycles. The second-order valence-corrected chi connectivity index (χ2v) is 3.82. The first kappa shape index (κ1) is 15.2. The summed E-state index contributed by atoms with van der Waals surface area (Å²) < 4.78 is 0. The summed E-state index contributed by atoms with van der Waals surface area (Å²) in [5.41, 5.74) is 0. The van der Waals surface area contributed by atoms with Gasteiger partial charge in [-0.05, 0) is 20.8 Å². The van der Waals surface area contributed by atoms with Crippen LogP contribution in [0.25, 0.3) is 0 Å². The van der Waals surface area contributed by atoms with Crippen LogP contribution >= 0.6 is 0 Å². The molecule has 3 N–H and O–H groups in total. The largest absolute Gasteiger partial charge is 0.481 e. The van der Waals surface area contributed by atoms with Gasteiger partial charge in [0, 0.05) is 12.6 Å². The molecule has 0 aliphatic carbocycles. The molecule has 0 aromatic carbocycles. The Balaban J connectivity index is 4.59. The molecule has 0 aromatic heterocycles. The lowest BCUT2D eigenvalue weighted by molar-refractivity contribution is -0.145. The zero-order chi connectivity index (χ0) is 13.6. The lowest BCUT2D eigenvalue weighted by Crippen LogP contribution is -2.50. The second-order valence-electron chi connectivity index (χ2n) is 3.82. The lowest BCUT2D eigenvalue weighted by Gasteiger charge is -2.26. The molecule has 98 valence electrons.